The molecular weight excluding hydrogens is 366 g/mol. The normalized spacial score (nSPS) is 27.5. The van der Waals surface area contributed by atoms with Gasteiger partial charge in [0.15, 0.2) is 0 Å². The molecular formula is C14H34Cl4N4. The highest BCUT2D eigenvalue weighted by molar-refractivity contribution is 4.84. The summed E-state index contributed by atoms with van der Waals surface area (Å²) >= 11 is 0. The predicted molar refractivity (Wildman–Crippen MR) is 71.3 cm³/mol. The zero-order valence-corrected chi connectivity index (χ0v) is 16.5. The molecule has 0 aromatic carbocycles. The summed E-state index contributed by atoms with van der Waals surface area (Å²) < 4.78 is 0. The number of nitrogens with two attached hydrogens (primary N) is 2. The monoisotopic (exact) mass is 398 g/mol. The van der Waals surface area contributed by atoms with E-state index >= 15 is 0 Å². The molecule has 2 rings (SSSR count). The van der Waals surface area contributed by atoms with E-state index in [1.54, 1.807) is 0 Å². The smallest absolute Gasteiger partial charge is 0.0789 e. The average Bonchev–Trinajstić information content (AvgIpc) is 3.27. The molecule has 4 nitrogen and oxygen atoms in total. The van der Waals surface area contributed by atoms with Crippen molar-refractivity contribution < 1.29 is 71.7 Å². The van der Waals surface area contributed by atoms with Gasteiger partial charge in [0.2, 0.25) is 0 Å². The minimum Gasteiger partial charge on any atom is -1.00 e. The molecule has 138 valence electrons. The lowest BCUT2D eigenvalue weighted by molar-refractivity contribution is -0.667. The number of hydrogen-bond donors (Lipinski definition) is 4. The van der Waals surface area contributed by atoms with E-state index in [1.807, 2.05) is 0 Å². The summed E-state index contributed by atoms with van der Waals surface area (Å²) in [7, 11) is 0. The first-order valence-electron chi connectivity index (χ1n) is 8.07. The highest BCUT2D eigenvalue weighted by Crippen LogP contribution is 2.35. The topological polar surface area (TPSA) is 88.5 Å². The maximum absolute atomic E-state index is 3.98. The Bertz CT molecular complexity index is 225. The fraction of sp³-hybridized carbons (Fsp3) is 1.00. The summed E-state index contributed by atoms with van der Waals surface area (Å²) in [4.78, 5) is 0. The quantitative estimate of drug-likeness (QED) is 0.248. The van der Waals surface area contributed by atoms with Gasteiger partial charge in [0.05, 0.1) is 39.3 Å². The minimum absolute atomic E-state index is 0. The van der Waals surface area contributed by atoms with Crippen LogP contribution in [0.4, 0.5) is 0 Å². The number of rotatable bonds is 11. The van der Waals surface area contributed by atoms with Gasteiger partial charge in [-0.15, -0.1) is 0 Å². The molecule has 0 unspecified atom stereocenters. The van der Waals surface area contributed by atoms with Gasteiger partial charge < -0.3 is 71.7 Å². The van der Waals surface area contributed by atoms with Gasteiger partial charge in [0, 0.05) is 36.5 Å². The molecule has 2 saturated carbocycles. The predicted octanol–water partition coefficient (Wildman–Crippen LogP) is -15.3. The van der Waals surface area contributed by atoms with Crippen molar-refractivity contribution >= 4 is 0 Å². The molecule has 0 saturated heterocycles. The summed E-state index contributed by atoms with van der Waals surface area (Å²) in [5.74, 6) is 3.94. The molecule has 0 aliphatic heterocycles. The summed E-state index contributed by atoms with van der Waals surface area (Å²) in [6, 6.07) is 0. The van der Waals surface area contributed by atoms with E-state index in [4.69, 9.17) is 0 Å². The maximum atomic E-state index is 3.98. The van der Waals surface area contributed by atoms with Gasteiger partial charge in [-0.05, 0) is 12.8 Å². The van der Waals surface area contributed by atoms with Crippen LogP contribution in [0, 0.1) is 23.7 Å². The van der Waals surface area contributed by atoms with Gasteiger partial charge in [0.25, 0.3) is 0 Å². The second-order valence-electron chi connectivity index (χ2n) is 6.42. The fourth-order valence-electron chi connectivity index (χ4n) is 3.15. The standard InChI is InChI=1S/C14H30N4.4ClH/c15-7-11-5-13(11)9-17-3-1-2-4-18-10-14-6-12(14)8-16;;;;/h11-14,17-18H,1-10,15-16H2;4*1H/t11-,12+,13-,14+;;;;. The zero-order chi connectivity index (χ0) is 12.8. The lowest BCUT2D eigenvalue weighted by Gasteiger charge is -2.02. The van der Waals surface area contributed by atoms with Crippen LogP contribution in [-0.4, -0.2) is 39.3 Å². The van der Waals surface area contributed by atoms with Crippen molar-refractivity contribution in [2.75, 3.05) is 39.3 Å². The van der Waals surface area contributed by atoms with Crippen molar-refractivity contribution in [3.8, 4) is 0 Å². The largest absolute Gasteiger partial charge is 1.00 e. The van der Waals surface area contributed by atoms with Crippen molar-refractivity contribution in [2.45, 2.75) is 25.7 Å². The van der Waals surface area contributed by atoms with Crippen LogP contribution < -0.4 is 71.7 Å². The molecule has 0 spiro atoms. The van der Waals surface area contributed by atoms with E-state index in [2.05, 4.69) is 22.1 Å². The summed E-state index contributed by atoms with van der Waals surface area (Å²) in [5, 5.41) is 5.06. The third kappa shape index (κ3) is 10.7. The van der Waals surface area contributed by atoms with E-state index in [0.29, 0.717) is 0 Å². The third-order valence-electron chi connectivity index (χ3n) is 4.88. The van der Waals surface area contributed by atoms with E-state index in [-0.39, 0.29) is 49.6 Å². The van der Waals surface area contributed by atoms with Crippen molar-refractivity contribution in [2.24, 2.45) is 23.7 Å². The Morgan fingerprint density at radius 3 is 1.27 bits per heavy atom. The molecule has 0 amide bonds. The van der Waals surface area contributed by atoms with E-state index in [1.165, 1.54) is 51.9 Å². The molecule has 0 bridgehead atoms. The molecule has 0 aromatic heterocycles. The van der Waals surface area contributed by atoms with Crippen molar-refractivity contribution in [3.63, 3.8) is 0 Å². The highest BCUT2D eigenvalue weighted by atomic mass is 35.5. The van der Waals surface area contributed by atoms with Gasteiger partial charge in [-0.3, -0.25) is 0 Å². The number of hydrogen-bond acceptors (Lipinski definition) is 0. The van der Waals surface area contributed by atoms with Crippen molar-refractivity contribution in [1.82, 2.24) is 0 Å². The Kier molecular flexibility index (Phi) is 19.6. The van der Waals surface area contributed by atoms with Gasteiger partial charge in [-0.25, -0.2) is 0 Å². The molecule has 10 N–H and O–H groups in total. The van der Waals surface area contributed by atoms with Crippen LogP contribution in [0.1, 0.15) is 25.7 Å². The maximum Gasteiger partial charge on any atom is 0.0789 e. The van der Waals surface area contributed by atoms with Gasteiger partial charge in [-0.1, -0.05) is 0 Å². The second kappa shape index (κ2) is 15.5. The Balaban J connectivity index is -0.000000902. The second-order valence-corrected chi connectivity index (χ2v) is 6.42. The van der Waals surface area contributed by atoms with Crippen molar-refractivity contribution in [3.05, 3.63) is 0 Å². The minimum atomic E-state index is 0. The Labute approximate surface area is 160 Å². The zero-order valence-electron chi connectivity index (χ0n) is 13.5. The fourth-order valence-corrected chi connectivity index (χ4v) is 3.15. The lowest BCUT2D eigenvalue weighted by atomic mass is 10.2. The molecule has 4 atom stereocenters. The van der Waals surface area contributed by atoms with Crippen LogP contribution in [0.5, 0.6) is 0 Å². The van der Waals surface area contributed by atoms with Crippen LogP contribution in [0.3, 0.4) is 0 Å². The van der Waals surface area contributed by atoms with Gasteiger partial charge in [-0.2, -0.15) is 0 Å². The van der Waals surface area contributed by atoms with Crippen LogP contribution in [0.2, 0.25) is 0 Å². The Morgan fingerprint density at radius 1 is 0.636 bits per heavy atom. The first-order chi connectivity index (χ1) is 8.85. The van der Waals surface area contributed by atoms with Crippen LogP contribution in [0.15, 0.2) is 0 Å². The van der Waals surface area contributed by atoms with Gasteiger partial charge in [0.1, 0.15) is 0 Å². The molecule has 2 aliphatic carbocycles. The molecule has 22 heavy (non-hydrogen) atoms. The summed E-state index contributed by atoms with van der Waals surface area (Å²) in [5.41, 5.74) is 7.97. The molecule has 2 aliphatic rings. The molecule has 8 heteroatoms. The Morgan fingerprint density at radius 2 is 1.00 bits per heavy atom. The van der Waals surface area contributed by atoms with E-state index < -0.39 is 0 Å². The van der Waals surface area contributed by atoms with Crippen LogP contribution >= 0.6 is 0 Å². The first-order valence-corrected chi connectivity index (χ1v) is 8.07. The summed E-state index contributed by atoms with van der Waals surface area (Å²) in [6.45, 7) is 7.69. The number of unbranched alkanes of at least 4 members (excludes halogenated alkanes) is 1. The summed E-state index contributed by atoms with van der Waals surface area (Å²) in [6.07, 6.45) is 5.68. The van der Waals surface area contributed by atoms with Crippen molar-refractivity contribution in [1.29, 1.82) is 0 Å². The molecule has 0 aromatic rings. The average molecular weight is 400 g/mol. The van der Waals surface area contributed by atoms with Crippen LogP contribution in [0.25, 0.3) is 0 Å². The highest BCUT2D eigenvalue weighted by Gasteiger charge is 2.39. The number of halogens is 4. The van der Waals surface area contributed by atoms with Gasteiger partial charge >= 0.3 is 0 Å². The first kappa shape index (κ1) is 27.8. The van der Waals surface area contributed by atoms with Crippen LogP contribution in [-0.2, 0) is 0 Å². The SMILES string of the molecule is [Cl-].[Cl-].[Cl-].[Cl-].[NH3+]C[C@@H]1C[C@H]1C[NH2+]CCCC[NH2+]C[C@H]1C[C@@H]1C[NH3+]. The molecule has 2 fully saturated rings. The molecule has 0 heterocycles. The Hall–Kier alpha value is 1.000. The third-order valence-corrected chi connectivity index (χ3v) is 4.88. The molecule has 0 radical (unpaired) electrons. The van der Waals surface area contributed by atoms with E-state index in [9.17, 15) is 0 Å². The number of quaternary nitrogens is 4. The lowest BCUT2D eigenvalue weighted by Crippen LogP contribution is -3.00. The van der Waals surface area contributed by atoms with E-state index in [0.717, 1.165) is 36.8 Å².